The van der Waals surface area contributed by atoms with Gasteiger partial charge in [0.15, 0.2) is 0 Å². The Morgan fingerprint density at radius 2 is 1.63 bits per heavy atom. The molecule has 1 aromatic rings. The topological polar surface area (TPSA) is 15.3 Å². The summed E-state index contributed by atoms with van der Waals surface area (Å²) >= 11 is 0. The van der Waals surface area contributed by atoms with Crippen LogP contribution in [0.25, 0.3) is 0 Å². The number of para-hydroxylation sites is 1. The van der Waals surface area contributed by atoms with E-state index in [9.17, 15) is 13.2 Å². The maximum absolute atomic E-state index is 13.0. The normalized spacial score (nSPS) is 26.2. The van der Waals surface area contributed by atoms with E-state index in [-0.39, 0.29) is 12.4 Å². The molecule has 1 N–H and O–H groups in total. The first-order valence-electron chi connectivity index (χ1n) is 6.17. The van der Waals surface area contributed by atoms with Crippen LogP contribution in [0, 0.1) is 11.8 Å². The van der Waals surface area contributed by atoms with E-state index < -0.39 is 11.7 Å². The molecule has 0 bridgehead atoms. The van der Waals surface area contributed by atoms with E-state index >= 15 is 0 Å². The molecule has 2 aliphatic heterocycles. The summed E-state index contributed by atoms with van der Waals surface area (Å²) in [5.41, 5.74) is -0.183. The maximum Gasteiger partial charge on any atom is 0.418 e. The van der Waals surface area contributed by atoms with Crippen molar-refractivity contribution >= 4 is 18.1 Å². The molecule has 0 aromatic heterocycles. The number of nitrogens with zero attached hydrogens (tertiary/aromatic N) is 1. The number of nitrogens with one attached hydrogen (secondary N) is 1. The van der Waals surface area contributed by atoms with E-state index in [0.717, 1.165) is 26.2 Å². The third kappa shape index (κ3) is 2.67. The summed E-state index contributed by atoms with van der Waals surface area (Å²) in [6, 6.07) is 5.88. The van der Waals surface area contributed by atoms with Crippen molar-refractivity contribution in [3.05, 3.63) is 29.8 Å². The van der Waals surface area contributed by atoms with Crippen LogP contribution in [0.1, 0.15) is 5.56 Å². The Hall–Kier alpha value is -0.940. The summed E-state index contributed by atoms with van der Waals surface area (Å²) < 4.78 is 38.9. The number of hydrogen-bond donors (Lipinski definition) is 1. The molecule has 2 heterocycles. The molecule has 2 nitrogen and oxygen atoms in total. The molecule has 2 aliphatic rings. The SMILES string of the molecule is Cl.FC(F)(F)c1ccccc1N1CC2CNCC2C1. The molecule has 0 amide bonds. The second-order valence-electron chi connectivity index (χ2n) is 5.10. The minimum Gasteiger partial charge on any atom is -0.370 e. The molecule has 0 radical (unpaired) electrons. The van der Waals surface area contributed by atoms with Crippen molar-refractivity contribution in [2.45, 2.75) is 6.18 Å². The number of anilines is 1. The zero-order valence-corrected chi connectivity index (χ0v) is 11.1. The Morgan fingerprint density at radius 3 is 2.21 bits per heavy atom. The highest BCUT2D eigenvalue weighted by molar-refractivity contribution is 5.85. The molecule has 6 heteroatoms. The van der Waals surface area contributed by atoms with Crippen LogP contribution < -0.4 is 10.2 Å². The highest BCUT2D eigenvalue weighted by Gasteiger charge is 2.40. The van der Waals surface area contributed by atoms with Gasteiger partial charge in [0.1, 0.15) is 0 Å². The van der Waals surface area contributed by atoms with Gasteiger partial charge in [-0.25, -0.2) is 0 Å². The zero-order chi connectivity index (χ0) is 12.8. The summed E-state index contributed by atoms with van der Waals surface area (Å²) in [4.78, 5) is 1.89. The van der Waals surface area contributed by atoms with E-state index in [2.05, 4.69) is 5.32 Å². The first-order valence-corrected chi connectivity index (χ1v) is 6.17. The summed E-state index contributed by atoms with van der Waals surface area (Å²) in [5.74, 6) is 0.984. The lowest BCUT2D eigenvalue weighted by Crippen LogP contribution is -2.27. The summed E-state index contributed by atoms with van der Waals surface area (Å²) in [7, 11) is 0. The lowest BCUT2D eigenvalue weighted by atomic mass is 10.0. The fraction of sp³-hybridized carbons (Fsp3) is 0.538. The van der Waals surface area contributed by atoms with Gasteiger partial charge >= 0.3 is 6.18 Å². The fourth-order valence-electron chi connectivity index (χ4n) is 3.04. The first kappa shape index (κ1) is 14.5. The molecule has 106 valence electrons. The molecule has 19 heavy (non-hydrogen) atoms. The van der Waals surface area contributed by atoms with Crippen molar-refractivity contribution < 1.29 is 13.2 Å². The Balaban J connectivity index is 0.00000133. The van der Waals surface area contributed by atoms with E-state index in [1.807, 2.05) is 4.90 Å². The standard InChI is InChI=1S/C13H15F3N2.ClH/c14-13(15,16)11-3-1-2-4-12(11)18-7-9-5-17-6-10(9)8-18;/h1-4,9-10,17H,5-8H2;1H. The highest BCUT2D eigenvalue weighted by Crippen LogP contribution is 2.39. The number of fused-ring (bicyclic) bond motifs is 1. The van der Waals surface area contributed by atoms with Crippen molar-refractivity contribution in [1.29, 1.82) is 0 Å². The second kappa shape index (κ2) is 5.21. The molecule has 2 unspecified atom stereocenters. The van der Waals surface area contributed by atoms with Crippen molar-refractivity contribution in [3.8, 4) is 0 Å². The predicted molar refractivity (Wildman–Crippen MR) is 70.8 cm³/mol. The second-order valence-corrected chi connectivity index (χ2v) is 5.10. The highest BCUT2D eigenvalue weighted by atomic mass is 35.5. The Morgan fingerprint density at radius 1 is 1.05 bits per heavy atom. The summed E-state index contributed by atoms with van der Waals surface area (Å²) in [6.07, 6.45) is -4.27. The Kier molecular flexibility index (Phi) is 3.97. The van der Waals surface area contributed by atoms with Crippen molar-refractivity contribution in [1.82, 2.24) is 5.32 Å². The van der Waals surface area contributed by atoms with Crippen molar-refractivity contribution in [2.24, 2.45) is 11.8 Å². The maximum atomic E-state index is 13.0. The molecular weight excluding hydrogens is 277 g/mol. The monoisotopic (exact) mass is 292 g/mol. The van der Waals surface area contributed by atoms with E-state index in [1.165, 1.54) is 12.1 Å². The zero-order valence-electron chi connectivity index (χ0n) is 10.3. The van der Waals surface area contributed by atoms with Gasteiger partial charge in [0.05, 0.1) is 5.56 Å². The van der Waals surface area contributed by atoms with E-state index in [1.54, 1.807) is 12.1 Å². The number of alkyl halides is 3. The number of halogens is 4. The van der Waals surface area contributed by atoms with Gasteiger partial charge in [-0.05, 0) is 24.0 Å². The van der Waals surface area contributed by atoms with Crippen LogP contribution in [0.2, 0.25) is 0 Å². The minimum atomic E-state index is -4.27. The van der Waals surface area contributed by atoms with Crippen LogP contribution in [0.5, 0.6) is 0 Å². The van der Waals surface area contributed by atoms with Gasteiger partial charge < -0.3 is 10.2 Å². The van der Waals surface area contributed by atoms with E-state index in [4.69, 9.17) is 0 Å². The average Bonchev–Trinajstić information content (AvgIpc) is 2.87. The summed E-state index contributed by atoms with van der Waals surface area (Å²) in [5, 5.41) is 3.29. The van der Waals surface area contributed by atoms with Crippen LogP contribution in [0.3, 0.4) is 0 Å². The fourth-order valence-corrected chi connectivity index (χ4v) is 3.04. The number of benzene rings is 1. The molecular formula is C13H16ClF3N2. The third-order valence-corrected chi connectivity index (χ3v) is 3.94. The van der Waals surface area contributed by atoms with Crippen LogP contribution in [0.4, 0.5) is 18.9 Å². The molecule has 0 saturated carbocycles. The van der Waals surface area contributed by atoms with E-state index in [0.29, 0.717) is 17.5 Å². The van der Waals surface area contributed by atoms with Crippen LogP contribution in [-0.2, 0) is 6.18 Å². The van der Waals surface area contributed by atoms with Crippen LogP contribution in [0.15, 0.2) is 24.3 Å². The number of hydrogen-bond acceptors (Lipinski definition) is 2. The molecule has 1 aromatic carbocycles. The van der Waals surface area contributed by atoms with Gasteiger partial charge in [0.2, 0.25) is 0 Å². The van der Waals surface area contributed by atoms with Gasteiger partial charge in [0.25, 0.3) is 0 Å². The van der Waals surface area contributed by atoms with Crippen LogP contribution in [-0.4, -0.2) is 26.2 Å². The lowest BCUT2D eigenvalue weighted by molar-refractivity contribution is -0.137. The van der Waals surface area contributed by atoms with Gasteiger partial charge in [-0.2, -0.15) is 13.2 Å². The summed E-state index contributed by atoms with van der Waals surface area (Å²) in [6.45, 7) is 3.31. The van der Waals surface area contributed by atoms with Gasteiger partial charge in [-0.1, -0.05) is 12.1 Å². The van der Waals surface area contributed by atoms with Crippen molar-refractivity contribution in [3.63, 3.8) is 0 Å². The van der Waals surface area contributed by atoms with Crippen LogP contribution >= 0.6 is 12.4 Å². The predicted octanol–water partition coefficient (Wildman–Crippen LogP) is 2.78. The molecule has 0 spiro atoms. The first-order chi connectivity index (χ1) is 8.55. The van der Waals surface area contributed by atoms with Gasteiger partial charge in [-0.15, -0.1) is 12.4 Å². The van der Waals surface area contributed by atoms with Gasteiger partial charge in [-0.3, -0.25) is 0 Å². The lowest BCUT2D eigenvalue weighted by Gasteiger charge is -2.23. The molecule has 3 rings (SSSR count). The van der Waals surface area contributed by atoms with Gasteiger partial charge in [0, 0.05) is 31.9 Å². The smallest absolute Gasteiger partial charge is 0.370 e. The third-order valence-electron chi connectivity index (χ3n) is 3.94. The molecule has 2 fully saturated rings. The molecule has 0 aliphatic carbocycles. The largest absolute Gasteiger partial charge is 0.418 e. The Labute approximate surface area is 116 Å². The average molecular weight is 293 g/mol. The van der Waals surface area contributed by atoms with Crippen molar-refractivity contribution in [2.75, 3.05) is 31.1 Å². The number of rotatable bonds is 1. The molecule has 2 saturated heterocycles. The molecule has 2 atom stereocenters. The minimum absolute atomic E-state index is 0. The quantitative estimate of drug-likeness (QED) is 0.856. The Bertz CT molecular complexity index is 438.